The summed E-state index contributed by atoms with van der Waals surface area (Å²) in [5.74, 6) is 7.67. The minimum absolute atomic E-state index is 0.515. The number of thiophene rings is 1. The molecular formula is C16H13N5OS2. The van der Waals surface area contributed by atoms with Gasteiger partial charge in [-0.25, -0.2) is 9.66 Å². The smallest absolute Gasteiger partial charge is 0.237 e. The number of hydrogen-bond acceptors (Lipinski definition) is 7. The van der Waals surface area contributed by atoms with Crippen molar-refractivity contribution in [1.82, 2.24) is 19.8 Å². The summed E-state index contributed by atoms with van der Waals surface area (Å²) >= 11 is 3.04. The fourth-order valence-corrected chi connectivity index (χ4v) is 3.56. The molecule has 0 fully saturated rings. The van der Waals surface area contributed by atoms with Crippen LogP contribution in [0, 0.1) is 0 Å². The Morgan fingerprint density at radius 1 is 1.12 bits per heavy atom. The van der Waals surface area contributed by atoms with Crippen LogP contribution in [0.3, 0.4) is 0 Å². The molecule has 0 bridgehead atoms. The fourth-order valence-electron chi connectivity index (χ4n) is 2.18. The second kappa shape index (κ2) is 6.50. The van der Waals surface area contributed by atoms with E-state index in [9.17, 15) is 0 Å². The summed E-state index contributed by atoms with van der Waals surface area (Å²) in [6.45, 7) is 0. The molecule has 0 saturated heterocycles. The van der Waals surface area contributed by atoms with Crippen LogP contribution >= 0.6 is 23.1 Å². The van der Waals surface area contributed by atoms with Crippen molar-refractivity contribution in [3.63, 3.8) is 0 Å². The predicted octanol–water partition coefficient (Wildman–Crippen LogP) is 3.67. The SMILES string of the molecule is Nn1cc(-c2ccccc2)nc1SCc1nc(-c2cccs2)no1. The molecule has 6 nitrogen and oxygen atoms in total. The van der Waals surface area contributed by atoms with Crippen molar-refractivity contribution in [2.75, 3.05) is 5.84 Å². The molecule has 24 heavy (non-hydrogen) atoms. The third-order valence-corrected chi connectivity index (χ3v) is 5.12. The largest absolute Gasteiger partial charge is 0.338 e. The average Bonchev–Trinajstić information content (AvgIpc) is 3.34. The van der Waals surface area contributed by atoms with Crippen molar-refractivity contribution >= 4 is 23.1 Å². The molecule has 4 rings (SSSR count). The van der Waals surface area contributed by atoms with Gasteiger partial charge in [0.2, 0.25) is 11.7 Å². The molecule has 3 heterocycles. The summed E-state index contributed by atoms with van der Waals surface area (Å²) in [4.78, 5) is 9.95. The van der Waals surface area contributed by atoms with Gasteiger partial charge in [-0.3, -0.25) is 0 Å². The predicted molar refractivity (Wildman–Crippen MR) is 95.0 cm³/mol. The Labute approximate surface area is 146 Å². The van der Waals surface area contributed by atoms with E-state index >= 15 is 0 Å². The maximum atomic E-state index is 5.99. The zero-order chi connectivity index (χ0) is 16.4. The first kappa shape index (κ1) is 15.0. The molecule has 0 saturated carbocycles. The van der Waals surface area contributed by atoms with Crippen molar-refractivity contribution < 1.29 is 4.52 Å². The van der Waals surface area contributed by atoms with Crippen LogP contribution in [0.2, 0.25) is 0 Å². The lowest BCUT2D eigenvalue weighted by Gasteiger charge is -1.97. The van der Waals surface area contributed by atoms with Crippen LogP contribution in [-0.2, 0) is 5.75 Å². The quantitative estimate of drug-likeness (QED) is 0.434. The van der Waals surface area contributed by atoms with Gasteiger partial charge in [0.15, 0.2) is 5.16 Å². The molecule has 2 N–H and O–H groups in total. The standard InChI is InChI=1S/C16H13N5OS2/c17-21-9-12(11-5-2-1-3-6-11)18-16(21)24-10-14-19-15(20-22-14)13-7-4-8-23-13/h1-9H,10,17H2. The van der Waals surface area contributed by atoms with E-state index in [0.29, 0.717) is 22.6 Å². The van der Waals surface area contributed by atoms with E-state index < -0.39 is 0 Å². The molecule has 0 aliphatic heterocycles. The zero-order valence-electron chi connectivity index (χ0n) is 12.5. The van der Waals surface area contributed by atoms with E-state index in [1.807, 2.05) is 54.0 Å². The summed E-state index contributed by atoms with van der Waals surface area (Å²) < 4.78 is 6.81. The second-order valence-electron chi connectivity index (χ2n) is 4.96. The summed E-state index contributed by atoms with van der Waals surface area (Å²) in [5.41, 5.74) is 1.87. The lowest BCUT2D eigenvalue weighted by atomic mass is 10.2. The Hall–Kier alpha value is -2.58. The number of nitrogens with zero attached hydrogens (tertiary/aromatic N) is 4. The highest BCUT2D eigenvalue weighted by atomic mass is 32.2. The lowest BCUT2D eigenvalue weighted by Crippen LogP contribution is -2.07. The fraction of sp³-hybridized carbons (Fsp3) is 0.0625. The number of imidazole rings is 1. The zero-order valence-corrected chi connectivity index (χ0v) is 14.1. The minimum atomic E-state index is 0.515. The van der Waals surface area contributed by atoms with Crippen LogP contribution < -0.4 is 5.84 Å². The maximum Gasteiger partial charge on any atom is 0.237 e. The van der Waals surface area contributed by atoms with Crippen LogP contribution in [0.25, 0.3) is 22.0 Å². The van der Waals surface area contributed by atoms with Gasteiger partial charge in [-0.2, -0.15) is 4.98 Å². The molecule has 3 aromatic heterocycles. The van der Waals surface area contributed by atoms with Crippen LogP contribution in [0.4, 0.5) is 0 Å². The van der Waals surface area contributed by atoms with Crippen LogP contribution in [0.5, 0.6) is 0 Å². The van der Waals surface area contributed by atoms with Crippen LogP contribution in [-0.4, -0.2) is 19.8 Å². The van der Waals surface area contributed by atoms with Gasteiger partial charge in [-0.15, -0.1) is 11.3 Å². The van der Waals surface area contributed by atoms with E-state index in [4.69, 9.17) is 10.4 Å². The van der Waals surface area contributed by atoms with Crippen molar-refractivity contribution in [3.8, 4) is 22.0 Å². The molecule has 4 aromatic rings. The number of nitrogen functional groups attached to an aromatic ring is 1. The Bertz CT molecular complexity index is 931. The van der Waals surface area contributed by atoms with Gasteiger partial charge in [-0.1, -0.05) is 53.3 Å². The van der Waals surface area contributed by atoms with Gasteiger partial charge in [-0.05, 0) is 11.4 Å². The number of hydrogen-bond donors (Lipinski definition) is 1. The van der Waals surface area contributed by atoms with E-state index in [-0.39, 0.29) is 0 Å². The van der Waals surface area contributed by atoms with E-state index in [1.165, 1.54) is 16.4 Å². The van der Waals surface area contributed by atoms with Crippen molar-refractivity contribution in [1.29, 1.82) is 0 Å². The molecule has 0 atom stereocenters. The van der Waals surface area contributed by atoms with Gasteiger partial charge < -0.3 is 10.4 Å². The molecule has 0 aliphatic carbocycles. The molecular weight excluding hydrogens is 342 g/mol. The molecule has 0 amide bonds. The van der Waals surface area contributed by atoms with Crippen molar-refractivity contribution in [2.24, 2.45) is 0 Å². The lowest BCUT2D eigenvalue weighted by molar-refractivity contribution is 0.391. The van der Waals surface area contributed by atoms with Crippen LogP contribution in [0.15, 0.2) is 63.7 Å². The highest BCUT2D eigenvalue weighted by Crippen LogP contribution is 2.26. The number of benzene rings is 1. The molecule has 8 heteroatoms. The monoisotopic (exact) mass is 355 g/mol. The van der Waals surface area contributed by atoms with Gasteiger partial charge >= 0.3 is 0 Å². The highest BCUT2D eigenvalue weighted by Gasteiger charge is 2.13. The second-order valence-corrected chi connectivity index (χ2v) is 6.85. The minimum Gasteiger partial charge on any atom is -0.338 e. The summed E-state index contributed by atoms with van der Waals surface area (Å²) in [6.07, 6.45) is 1.81. The van der Waals surface area contributed by atoms with Gasteiger partial charge in [0.25, 0.3) is 0 Å². The third-order valence-electron chi connectivity index (χ3n) is 3.30. The Balaban J connectivity index is 1.48. The van der Waals surface area contributed by atoms with Crippen molar-refractivity contribution in [2.45, 2.75) is 10.9 Å². The Morgan fingerprint density at radius 3 is 2.79 bits per heavy atom. The summed E-state index contributed by atoms with van der Waals surface area (Å²) in [6, 6.07) is 13.8. The topological polar surface area (TPSA) is 82.8 Å². The van der Waals surface area contributed by atoms with Crippen molar-refractivity contribution in [3.05, 3.63) is 59.9 Å². The normalized spacial score (nSPS) is 11.0. The van der Waals surface area contributed by atoms with E-state index in [2.05, 4.69) is 15.1 Å². The molecule has 0 spiro atoms. The Morgan fingerprint density at radius 2 is 2.00 bits per heavy atom. The number of aromatic nitrogens is 4. The Kier molecular flexibility index (Phi) is 4.06. The van der Waals surface area contributed by atoms with Gasteiger partial charge in [0.05, 0.1) is 22.5 Å². The van der Waals surface area contributed by atoms with E-state index in [0.717, 1.165) is 16.1 Å². The molecule has 1 aromatic carbocycles. The first-order chi connectivity index (χ1) is 11.8. The summed E-state index contributed by atoms with van der Waals surface area (Å²) in [5, 5.41) is 6.68. The molecule has 0 aliphatic rings. The van der Waals surface area contributed by atoms with E-state index in [1.54, 1.807) is 11.3 Å². The number of rotatable bonds is 5. The van der Waals surface area contributed by atoms with Gasteiger partial charge in [0.1, 0.15) is 0 Å². The number of thioether (sulfide) groups is 1. The summed E-state index contributed by atoms with van der Waals surface area (Å²) in [7, 11) is 0. The average molecular weight is 355 g/mol. The number of nitrogens with two attached hydrogens (primary N) is 1. The maximum absolute atomic E-state index is 5.99. The molecule has 0 unspecified atom stereocenters. The molecule has 0 radical (unpaired) electrons. The third kappa shape index (κ3) is 3.06. The first-order valence-electron chi connectivity index (χ1n) is 7.19. The molecule has 120 valence electrons. The highest BCUT2D eigenvalue weighted by molar-refractivity contribution is 7.98. The van der Waals surface area contributed by atoms with Crippen LogP contribution in [0.1, 0.15) is 5.89 Å². The first-order valence-corrected chi connectivity index (χ1v) is 9.05. The van der Waals surface area contributed by atoms with Gasteiger partial charge in [0, 0.05) is 5.56 Å².